The van der Waals surface area contributed by atoms with Crippen LogP contribution in [-0.4, -0.2) is 17.8 Å². The second-order valence-electron chi connectivity index (χ2n) is 1.28. The molecule has 0 spiro atoms. The van der Waals surface area contributed by atoms with Gasteiger partial charge in [0.1, 0.15) is 6.73 Å². The topological polar surface area (TPSA) is 12.5 Å². The SMILES string of the molecule is ClN1C=CCOC1. The zero-order valence-electron chi connectivity index (χ0n) is 3.80. The Labute approximate surface area is 47.4 Å². The summed E-state index contributed by atoms with van der Waals surface area (Å²) in [5, 5.41) is 0. The maximum atomic E-state index is 5.44. The van der Waals surface area contributed by atoms with Crippen molar-refractivity contribution in [3.63, 3.8) is 0 Å². The zero-order chi connectivity index (χ0) is 5.11. The fourth-order valence-corrected chi connectivity index (χ4v) is 0.557. The van der Waals surface area contributed by atoms with E-state index < -0.39 is 0 Å². The van der Waals surface area contributed by atoms with Crippen molar-refractivity contribution >= 4 is 11.8 Å². The number of hydrogen-bond donors (Lipinski definition) is 0. The first-order valence-electron chi connectivity index (χ1n) is 2.06. The van der Waals surface area contributed by atoms with Crippen LogP contribution < -0.4 is 0 Å². The van der Waals surface area contributed by atoms with Gasteiger partial charge in [-0.15, -0.1) is 0 Å². The van der Waals surface area contributed by atoms with Crippen molar-refractivity contribution in [1.82, 2.24) is 4.42 Å². The Morgan fingerprint density at radius 1 is 1.71 bits per heavy atom. The van der Waals surface area contributed by atoms with Crippen LogP contribution in [0.3, 0.4) is 0 Å². The minimum atomic E-state index is 0.498. The molecule has 2 nitrogen and oxygen atoms in total. The summed E-state index contributed by atoms with van der Waals surface area (Å²) in [5.41, 5.74) is 0. The number of rotatable bonds is 0. The van der Waals surface area contributed by atoms with E-state index in [1.165, 1.54) is 4.42 Å². The average Bonchev–Trinajstić information content (AvgIpc) is 1.69. The molecule has 0 aromatic heterocycles. The molecule has 0 fully saturated rings. The molecule has 3 heteroatoms. The standard InChI is InChI=1S/C4H6ClNO/c5-6-2-1-3-7-4-6/h1-2H,3-4H2. The van der Waals surface area contributed by atoms with Gasteiger partial charge in [0.15, 0.2) is 0 Å². The molecule has 0 unspecified atom stereocenters. The van der Waals surface area contributed by atoms with E-state index in [0.717, 1.165) is 0 Å². The lowest BCUT2D eigenvalue weighted by Gasteiger charge is -2.13. The lowest BCUT2D eigenvalue weighted by atomic mass is 10.6. The molecular weight excluding hydrogens is 114 g/mol. The first kappa shape index (κ1) is 4.94. The molecular formula is C4H6ClNO. The maximum Gasteiger partial charge on any atom is 0.133 e. The van der Waals surface area contributed by atoms with Gasteiger partial charge >= 0.3 is 0 Å². The highest BCUT2D eigenvalue weighted by Gasteiger charge is 1.95. The highest BCUT2D eigenvalue weighted by Crippen LogP contribution is 1.99. The van der Waals surface area contributed by atoms with Crippen molar-refractivity contribution in [2.75, 3.05) is 13.3 Å². The van der Waals surface area contributed by atoms with Crippen LogP contribution in [0.4, 0.5) is 0 Å². The van der Waals surface area contributed by atoms with Crippen molar-refractivity contribution in [3.8, 4) is 0 Å². The van der Waals surface area contributed by atoms with Gasteiger partial charge in [-0.05, 0) is 6.08 Å². The predicted molar refractivity (Wildman–Crippen MR) is 27.7 cm³/mol. The van der Waals surface area contributed by atoms with Crippen LogP contribution in [0.15, 0.2) is 12.3 Å². The average molecular weight is 120 g/mol. The summed E-state index contributed by atoms with van der Waals surface area (Å²) in [7, 11) is 0. The summed E-state index contributed by atoms with van der Waals surface area (Å²) in [6.45, 7) is 1.18. The van der Waals surface area contributed by atoms with Gasteiger partial charge in [-0.3, -0.25) is 4.42 Å². The molecule has 40 valence electrons. The van der Waals surface area contributed by atoms with Gasteiger partial charge in [0.05, 0.1) is 6.61 Å². The van der Waals surface area contributed by atoms with E-state index in [4.69, 9.17) is 16.5 Å². The Balaban J connectivity index is 2.36. The van der Waals surface area contributed by atoms with Crippen molar-refractivity contribution < 1.29 is 4.74 Å². The summed E-state index contributed by atoms with van der Waals surface area (Å²) < 4.78 is 6.35. The van der Waals surface area contributed by atoms with E-state index in [9.17, 15) is 0 Å². The highest BCUT2D eigenvalue weighted by atomic mass is 35.5. The zero-order valence-corrected chi connectivity index (χ0v) is 4.56. The van der Waals surface area contributed by atoms with E-state index in [-0.39, 0.29) is 0 Å². The minimum Gasteiger partial charge on any atom is -0.356 e. The van der Waals surface area contributed by atoms with Gasteiger partial charge in [0.2, 0.25) is 0 Å². The molecule has 0 N–H and O–H groups in total. The largest absolute Gasteiger partial charge is 0.356 e. The van der Waals surface area contributed by atoms with E-state index in [1.807, 2.05) is 6.08 Å². The lowest BCUT2D eigenvalue weighted by molar-refractivity contribution is 0.0988. The molecule has 1 rings (SSSR count). The first-order chi connectivity index (χ1) is 3.39. The molecule has 0 aliphatic carbocycles. The van der Waals surface area contributed by atoms with Crippen LogP contribution >= 0.6 is 11.8 Å². The number of halogens is 1. The summed E-state index contributed by atoms with van der Waals surface area (Å²) in [4.78, 5) is 0. The van der Waals surface area contributed by atoms with Crippen LogP contribution in [0, 0.1) is 0 Å². The fourth-order valence-electron chi connectivity index (χ4n) is 0.408. The Kier molecular flexibility index (Phi) is 1.54. The molecule has 0 atom stereocenters. The van der Waals surface area contributed by atoms with Gasteiger partial charge in [0.25, 0.3) is 0 Å². The van der Waals surface area contributed by atoms with E-state index in [1.54, 1.807) is 6.20 Å². The van der Waals surface area contributed by atoms with Crippen LogP contribution in [0.1, 0.15) is 0 Å². The van der Waals surface area contributed by atoms with Crippen LogP contribution in [0.25, 0.3) is 0 Å². The Bertz CT molecular complexity index is 83.8. The monoisotopic (exact) mass is 119 g/mol. The van der Waals surface area contributed by atoms with E-state index >= 15 is 0 Å². The van der Waals surface area contributed by atoms with Gasteiger partial charge in [-0.25, -0.2) is 0 Å². The second kappa shape index (κ2) is 2.19. The highest BCUT2D eigenvalue weighted by molar-refractivity contribution is 6.13. The van der Waals surface area contributed by atoms with E-state index in [2.05, 4.69) is 0 Å². The number of hydrogen-bond acceptors (Lipinski definition) is 2. The molecule has 1 aliphatic heterocycles. The summed E-state index contributed by atoms with van der Waals surface area (Å²) in [6.07, 6.45) is 3.64. The molecule has 0 aromatic rings. The first-order valence-corrected chi connectivity index (χ1v) is 2.40. The van der Waals surface area contributed by atoms with Gasteiger partial charge in [-0.1, -0.05) is 0 Å². The predicted octanol–water partition coefficient (Wildman–Crippen LogP) is 0.944. The Hall–Kier alpha value is -0.210. The molecule has 0 bridgehead atoms. The third-order valence-corrected chi connectivity index (χ3v) is 0.906. The third kappa shape index (κ3) is 1.37. The maximum absolute atomic E-state index is 5.44. The summed E-state index contributed by atoms with van der Waals surface area (Å²) in [5.74, 6) is 0. The van der Waals surface area contributed by atoms with E-state index in [0.29, 0.717) is 13.3 Å². The quantitative estimate of drug-likeness (QED) is 0.440. The molecule has 0 radical (unpaired) electrons. The third-order valence-electron chi connectivity index (χ3n) is 0.696. The Morgan fingerprint density at radius 2 is 2.57 bits per heavy atom. The number of nitrogens with zero attached hydrogens (tertiary/aromatic N) is 1. The fraction of sp³-hybridized carbons (Fsp3) is 0.500. The van der Waals surface area contributed by atoms with Gasteiger partial charge in [-0.2, -0.15) is 0 Å². The van der Waals surface area contributed by atoms with Crippen LogP contribution in [0.2, 0.25) is 0 Å². The van der Waals surface area contributed by atoms with Crippen LogP contribution in [0.5, 0.6) is 0 Å². The second-order valence-corrected chi connectivity index (χ2v) is 1.72. The van der Waals surface area contributed by atoms with Crippen molar-refractivity contribution in [2.24, 2.45) is 0 Å². The molecule has 7 heavy (non-hydrogen) atoms. The van der Waals surface area contributed by atoms with Crippen LogP contribution in [-0.2, 0) is 4.74 Å². The minimum absolute atomic E-state index is 0.498. The van der Waals surface area contributed by atoms with Crippen molar-refractivity contribution in [3.05, 3.63) is 12.3 Å². The Morgan fingerprint density at radius 3 is 2.86 bits per heavy atom. The molecule has 0 saturated heterocycles. The normalized spacial score (nSPS) is 20.4. The van der Waals surface area contributed by atoms with Gasteiger partial charge < -0.3 is 4.74 Å². The molecule has 0 saturated carbocycles. The number of ether oxygens (including phenoxy) is 1. The lowest BCUT2D eigenvalue weighted by Crippen LogP contribution is -2.13. The van der Waals surface area contributed by atoms with Crippen molar-refractivity contribution in [1.29, 1.82) is 0 Å². The summed E-state index contributed by atoms with van der Waals surface area (Å²) in [6, 6.07) is 0. The van der Waals surface area contributed by atoms with Crippen molar-refractivity contribution in [2.45, 2.75) is 0 Å². The smallest absolute Gasteiger partial charge is 0.133 e. The van der Waals surface area contributed by atoms with Gasteiger partial charge in [0, 0.05) is 18.0 Å². The molecule has 1 heterocycles. The molecule has 1 aliphatic rings. The molecule has 0 aromatic carbocycles. The summed E-state index contributed by atoms with van der Waals surface area (Å²) >= 11 is 5.44. The molecule has 0 amide bonds.